The lowest BCUT2D eigenvalue weighted by Gasteiger charge is -2.10. The molecule has 0 spiro atoms. The van der Waals surface area contributed by atoms with Crippen LogP contribution in [0.2, 0.25) is 0 Å². The van der Waals surface area contributed by atoms with Crippen LogP contribution in [-0.2, 0) is 9.53 Å². The van der Waals surface area contributed by atoms with E-state index in [2.05, 4.69) is 41.3 Å². The fourth-order valence-electron chi connectivity index (χ4n) is 2.88. The van der Waals surface area contributed by atoms with Gasteiger partial charge in [0.2, 0.25) is 11.7 Å². The van der Waals surface area contributed by atoms with Crippen molar-refractivity contribution in [2.24, 2.45) is 0 Å². The van der Waals surface area contributed by atoms with Crippen LogP contribution in [0.3, 0.4) is 0 Å². The van der Waals surface area contributed by atoms with Gasteiger partial charge in [-0.15, -0.1) is 0 Å². The van der Waals surface area contributed by atoms with Crippen LogP contribution in [0.4, 0.5) is 5.69 Å². The van der Waals surface area contributed by atoms with Crippen LogP contribution >= 0.6 is 0 Å². The first kappa shape index (κ1) is 16.1. The highest BCUT2D eigenvalue weighted by molar-refractivity contribution is 6.09. The van der Waals surface area contributed by atoms with Crippen molar-refractivity contribution < 1.29 is 9.53 Å². The topological polar surface area (TPSA) is 67.0 Å². The van der Waals surface area contributed by atoms with E-state index >= 15 is 0 Å². The predicted octanol–water partition coefficient (Wildman–Crippen LogP) is 4.58. The third-order valence-corrected chi connectivity index (χ3v) is 4.34. The van der Waals surface area contributed by atoms with Gasteiger partial charge in [-0.2, -0.15) is 0 Å². The molecule has 5 nitrogen and oxygen atoms in total. The molecule has 5 heteroatoms. The highest BCUT2D eigenvalue weighted by Crippen LogP contribution is 2.25. The molecule has 1 aliphatic heterocycles. The average molecular weight is 345 g/mol. The molecule has 0 fully saturated rings. The quantitative estimate of drug-likeness (QED) is 0.679. The number of benzene rings is 1. The van der Waals surface area contributed by atoms with Crippen LogP contribution in [-0.4, -0.2) is 15.8 Å². The largest absolute Gasteiger partial charge is 0.437 e. The highest BCUT2D eigenvalue weighted by atomic mass is 16.5. The number of allylic oxidation sites excluding steroid dienone is 1. The first-order chi connectivity index (χ1) is 12.6. The SMILES string of the molecule is CC(C)c1ccc(NC2=CC(=O)/C(=C/c3c[nH]c4ncccc34)O2)cc1. The number of ether oxygens (including phenoxy) is 1. The summed E-state index contributed by atoms with van der Waals surface area (Å²) in [7, 11) is 0. The van der Waals surface area contributed by atoms with Crippen molar-refractivity contribution in [3.63, 3.8) is 0 Å². The van der Waals surface area contributed by atoms with Crippen LogP contribution < -0.4 is 5.32 Å². The molecule has 0 bridgehead atoms. The smallest absolute Gasteiger partial charge is 0.226 e. The minimum Gasteiger partial charge on any atom is -0.437 e. The molecule has 3 aromatic rings. The van der Waals surface area contributed by atoms with Crippen LogP contribution in [0, 0.1) is 0 Å². The molecule has 0 amide bonds. The predicted molar refractivity (Wildman–Crippen MR) is 102 cm³/mol. The number of rotatable bonds is 4. The van der Waals surface area contributed by atoms with E-state index < -0.39 is 0 Å². The molecule has 1 aromatic carbocycles. The van der Waals surface area contributed by atoms with Gasteiger partial charge in [0.25, 0.3) is 0 Å². The van der Waals surface area contributed by atoms with E-state index in [9.17, 15) is 4.79 Å². The van der Waals surface area contributed by atoms with E-state index in [1.54, 1.807) is 12.3 Å². The molecular formula is C21H19N3O2. The number of aromatic amines is 1. The van der Waals surface area contributed by atoms with Crippen molar-refractivity contribution in [2.75, 3.05) is 5.32 Å². The maximum Gasteiger partial charge on any atom is 0.226 e. The number of H-pyrrole nitrogens is 1. The van der Waals surface area contributed by atoms with Crippen LogP contribution in [0.25, 0.3) is 17.1 Å². The Bertz CT molecular complexity index is 1030. The third kappa shape index (κ3) is 3.11. The zero-order valence-corrected chi connectivity index (χ0v) is 14.6. The van der Waals surface area contributed by atoms with E-state index in [4.69, 9.17) is 4.74 Å². The second-order valence-corrected chi connectivity index (χ2v) is 6.53. The van der Waals surface area contributed by atoms with E-state index in [1.807, 2.05) is 30.5 Å². The molecule has 26 heavy (non-hydrogen) atoms. The molecule has 2 aromatic heterocycles. The summed E-state index contributed by atoms with van der Waals surface area (Å²) in [6.07, 6.45) is 6.74. The number of fused-ring (bicyclic) bond motifs is 1. The van der Waals surface area contributed by atoms with E-state index in [-0.39, 0.29) is 11.5 Å². The number of aromatic nitrogens is 2. The first-order valence-electron chi connectivity index (χ1n) is 8.55. The second-order valence-electron chi connectivity index (χ2n) is 6.53. The molecule has 4 rings (SSSR count). The van der Waals surface area contributed by atoms with Gasteiger partial charge in [-0.05, 0) is 41.8 Å². The van der Waals surface area contributed by atoms with Gasteiger partial charge in [0.15, 0.2) is 5.76 Å². The van der Waals surface area contributed by atoms with Crippen molar-refractivity contribution in [3.05, 3.63) is 77.6 Å². The first-order valence-corrected chi connectivity index (χ1v) is 8.55. The summed E-state index contributed by atoms with van der Waals surface area (Å²) in [5, 5.41) is 4.09. The average Bonchev–Trinajstić information content (AvgIpc) is 3.20. The maximum absolute atomic E-state index is 12.2. The zero-order valence-electron chi connectivity index (χ0n) is 14.6. The lowest BCUT2D eigenvalue weighted by molar-refractivity contribution is -0.112. The number of nitrogens with one attached hydrogen (secondary N) is 2. The van der Waals surface area contributed by atoms with E-state index in [0.29, 0.717) is 11.8 Å². The molecular weight excluding hydrogens is 326 g/mol. The number of nitrogens with zero attached hydrogens (tertiary/aromatic N) is 1. The van der Waals surface area contributed by atoms with Crippen molar-refractivity contribution in [3.8, 4) is 0 Å². The summed E-state index contributed by atoms with van der Waals surface area (Å²) in [5.41, 5.74) is 3.79. The van der Waals surface area contributed by atoms with Crippen molar-refractivity contribution in [2.45, 2.75) is 19.8 Å². The number of ketones is 1. The molecule has 1 aliphatic rings. The highest BCUT2D eigenvalue weighted by Gasteiger charge is 2.21. The Balaban J connectivity index is 1.51. The molecule has 0 atom stereocenters. The second kappa shape index (κ2) is 6.52. The maximum atomic E-state index is 12.2. The Kier molecular flexibility index (Phi) is 4.05. The summed E-state index contributed by atoms with van der Waals surface area (Å²) in [6.45, 7) is 4.31. The molecule has 0 saturated heterocycles. The molecule has 2 N–H and O–H groups in total. The van der Waals surface area contributed by atoms with Gasteiger partial charge in [0.1, 0.15) is 5.65 Å². The number of hydrogen-bond donors (Lipinski definition) is 2. The Hall–Kier alpha value is -3.34. The summed E-state index contributed by atoms with van der Waals surface area (Å²) >= 11 is 0. The number of hydrogen-bond acceptors (Lipinski definition) is 4. The lowest BCUT2D eigenvalue weighted by Crippen LogP contribution is -1.99. The van der Waals surface area contributed by atoms with Gasteiger partial charge < -0.3 is 15.0 Å². The summed E-state index contributed by atoms with van der Waals surface area (Å²) in [6, 6.07) is 11.9. The molecule has 0 saturated carbocycles. The normalized spacial score (nSPS) is 15.6. The third-order valence-electron chi connectivity index (χ3n) is 4.34. The van der Waals surface area contributed by atoms with Gasteiger partial charge in [0.05, 0.1) is 6.08 Å². The standard InChI is InChI=1S/C21H19N3O2/c1-13(2)14-5-7-16(8-6-14)24-20-11-18(25)19(26-20)10-15-12-23-21-17(15)4-3-9-22-21/h3-13,24H,1-2H3,(H,22,23)/b19-10-. The molecule has 3 heterocycles. The number of carbonyl (C=O) groups is 1. The number of carbonyl (C=O) groups excluding carboxylic acids is 1. The minimum absolute atomic E-state index is 0.162. The fraction of sp³-hybridized carbons (Fsp3) is 0.143. The minimum atomic E-state index is -0.162. The Morgan fingerprint density at radius 2 is 2.00 bits per heavy atom. The van der Waals surface area contributed by atoms with Crippen molar-refractivity contribution >= 4 is 28.6 Å². The van der Waals surface area contributed by atoms with Gasteiger partial charge in [-0.3, -0.25) is 4.79 Å². The summed E-state index contributed by atoms with van der Waals surface area (Å²) < 4.78 is 5.70. The van der Waals surface area contributed by atoms with Crippen LogP contribution in [0.5, 0.6) is 0 Å². The van der Waals surface area contributed by atoms with Gasteiger partial charge in [-0.25, -0.2) is 4.98 Å². The van der Waals surface area contributed by atoms with Gasteiger partial charge >= 0.3 is 0 Å². The van der Waals surface area contributed by atoms with Gasteiger partial charge in [-0.1, -0.05) is 26.0 Å². The Labute approximate surface area is 151 Å². The lowest BCUT2D eigenvalue weighted by atomic mass is 10.0. The summed E-state index contributed by atoms with van der Waals surface area (Å²) in [4.78, 5) is 19.6. The van der Waals surface area contributed by atoms with E-state index in [1.165, 1.54) is 11.6 Å². The monoisotopic (exact) mass is 345 g/mol. The fourth-order valence-corrected chi connectivity index (χ4v) is 2.88. The Morgan fingerprint density at radius 3 is 2.77 bits per heavy atom. The van der Waals surface area contributed by atoms with Gasteiger partial charge in [0, 0.05) is 29.0 Å². The molecule has 130 valence electrons. The zero-order chi connectivity index (χ0) is 18.1. The Morgan fingerprint density at radius 1 is 1.19 bits per heavy atom. The van der Waals surface area contributed by atoms with Crippen molar-refractivity contribution in [1.82, 2.24) is 9.97 Å². The van der Waals surface area contributed by atoms with Crippen LogP contribution in [0.15, 0.2) is 66.5 Å². The van der Waals surface area contributed by atoms with E-state index in [0.717, 1.165) is 22.3 Å². The van der Waals surface area contributed by atoms with Crippen molar-refractivity contribution in [1.29, 1.82) is 0 Å². The number of anilines is 1. The molecule has 0 aliphatic carbocycles. The molecule has 0 unspecified atom stereocenters. The number of pyridine rings is 1. The molecule has 0 radical (unpaired) electrons. The summed E-state index contributed by atoms with van der Waals surface area (Å²) in [5.74, 6) is 1.03. The van der Waals surface area contributed by atoms with Crippen LogP contribution in [0.1, 0.15) is 30.9 Å².